The van der Waals surface area contributed by atoms with Gasteiger partial charge in [0.15, 0.2) is 0 Å². The number of aryl methyl sites for hydroxylation is 1. The maximum atomic E-state index is 12.7. The van der Waals surface area contributed by atoms with E-state index in [0.29, 0.717) is 28.4 Å². The molecule has 0 bridgehead atoms. The smallest absolute Gasteiger partial charge is 0.266 e. The van der Waals surface area contributed by atoms with Gasteiger partial charge in [-0.25, -0.2) is 0 Å². The Balaban J connectivity index is 1.91. The predicted octanol–water partition coefficient (Wildman–Crippen LogP) is 6.71. The van der Waals surface area contributed by atoms with E-state index in [1.807, 2.05) is 74.5 Å². The molecule has 3 rings (SSSR count). The number of nitrogens with one attached hydrogen (secondary N) is 1. The number of halogens is 2. The van der Waals surface area contributed by atoms with Gasteiger partial charge in [0, 0.05) is 26.3 Å². The van der Waals surface area contributed by atoms with Gasteiger partial charge in [0.1, 0.15) is 17.4 Å². The summed E-state index contributed by atoms with van der Waals surface area (Å²) < 4.78 is 6.58. The molecule has 1 amide bonds. The van der Waals surface area contributed by atoms with Crippen molar-refractivity contribution < 1.29 is 9.53 Å². The van der Waals surface area contributed by atoms with E-state index in [9.17, 15) is 10.1 Å². The summed E-state index contributed by atoms with van der Waals surface area (Å²) in [5.41, 5.74) is 5.45. The molecule has 162 valence electrons. The molecule has 0 unspecified atom stereocenters. The Morgan fingerprint density at radius 1 is 1.19 bits per heavy atom. The van der Waals surface area contributed by atoms with E-state index in [-0.39, 0.29) is 5.57 Å². The van der Waals surface area contributed by atoms with Crippen molar-refractivity contribution >= 4 is 51.9 Å². The number of carbonyl (C=O) groups is 1. The molecule has 0 aliphatic carbocycles. The van der Waals surface area contributed by atoms with Gasteiger partial charge in [0.25, 0.3) is 5.91 Å². The second-order valence-electron chi connectivity index (χ2n) is 7.32. The fraction of sp³-hybridized carbons (Fsp3) is 0.154. The van der Waals surface area contributed by atoms with E-state index < -0.39 is 5.91 Å². The van der Waals surface area contributed by atoms with Crippen molar-refractivity contribution in [3.63, 3.8) is 0 Å². The minimum absolute atomic E-state index is 0.0163. The summed E-state index contributed by atoms with van der Waals surface area (Å²) >= 11 is 8.57. The lowest BCUT2D eigenvalue weighted by Crippen LogP contribution is -2.14. The zero-order valence-corrected chi connectivity index (χ0v) is 20.9. The van der Waals surface area contributed by atoms with E-state index in [1.54, 1.807) is 13.2 Å². The molecule has 3 aromatic rings. The first-order chi connectivity index (χ1) is 15.3. The zero-order chi connectivity index (χ0) is 23.3. The Kier molecular flexibility index (Phi) is 7.94. The molecular formula is C26H22ClIN2O2. The normalized spacial score (nSPS) is 11.1. The summed E-state index contributed by atoms with van der Waals surface area (Å²) in [6.45, 7) is 3.91. The second-order valence-corrected chi connectivity index (χ2v) is 8.89. The van der Waals surface area contributed by atoms with Gasteiger partial charge in [-0.15, -0.1) is 0 Å². The van der Waals surface area contributed by atoms with Crippen LogP contribution < -0.4 is 10.1 Å². The molecule has 0 aliphatic rings. The number of rotatable bonds is 6. The molecule has 1 N–H and O–H groups in total. The second kappa shape index (κ2) is 10.7. The Morgan fingerprint density at radius 3 is 2.62 bits per heavy atom. The van der Waals surface area contributed by atoms with Crippen molar-refractivity contribution in [3.8, 4) is 11.8 Å². The van der Waals surface area contributed by atoms with Gasteiger partial charge >= 0.3 is 0 Å². The number of anilines is 1. The molecule has 4 nitrogen and oxygen atoms in total. The topological polar surface area (TPSA) is 62.1 Å². The summed E-state index contributed by atoms with van der Waals surface area (Å²) in [5.74, 6) is 0.227. The highest BCUT2D eigenvalue weighted by Crippen LogP contribution is 2.31. The number of hydrogen-bond donors (Lipinski definition) is 1. The number of ether oxygens (including phenoxy) is 1. The van der Waals surface area contributed by atoms with Crippen LogP contribution in [0.25, 0.3) is 6.08 Å². The summed E-state index contributed by atoms with van der Waals surface area (Å²) in [6.07, 6.45) is 2.19. The highest BCUT2D eigenvalue weighted by molar-refractivity contribution is 14.1. The van der Waals surface area contributed by atoms with E-state index in [0.717, 1.165) is 25.8 Å². The number of benzene rings is 3. The number of nitrogens with zero attached hydrogens (tertiary/aromatic N) is 1. The number of hydrogen-bond acceptors (Lipinski definition) is 3. The monoisotopic (exact) mass is 556 g/mol. The Hall–Kier alpha value is -2.82. The first-order valence-electron chi connectivity index (χ1n) is 9.93. The molecule has 0 fully saturated rings. The summed E-state index contributed by atoms with van der Waals surface area (Å²) in [4.78, 5) is 12.7. The Bertz CT molecular complexity index is 1250. The first-order valence-corrected chi connectivity index (χ1v) is 11.4. The third-order valence-electron chi connectivity index (χ3n) is 5.25. The average Bonchev–Trinajstić information content (AvgIpc) is 2.77. The van der Waals surface area contributed by atoms with Crippen molar-refractivity contribution in [1.82, 2.24) is 0 Å². The van der Waals surface area contributed by atoms with Gasteiger partial charge in [-0.3, -0.25) is 4.79 Å². The van der Waals surface area contributed by atoms with Crippen LogP contribution in [-0.4, -0.2) is 13.0 Å². The average molecular weight is 557 g/mol. The quantitative estimate of drug-likeness (QED) is 0.209. The third-order valence-corrected chi connectivity index (χ3v) is 6.58. The maximum Gasteiger partial charge on any atom is 0.266 e. The molecule has 0 saturated carbocycles. The van der Waals surface area contributed by atoms with Crippen molar-refractivity contribution in [2.24, 2.45) is 0 Å². The minimum atomic E-state index is -0.449. The lowest BCUT2D eigenvalue weighted by Gasteiger charge is -2.14. The van der Waals surface area contributed by atoms with Crippen LogP contribution in [0.3, 0.4) is 0 Å². The molecule has 0 aliphatic heterocycles. The van der Waals surface area contributed by atoms with Gasteiger partial charge in [-0.2, -0.15) is 5.26 Å². The van der Waals surface area contributed by atoms with Crippen LogP contribution in [0.5, 0.6) is 5.75 Å². The summed E-state index contributed by atoms with van der Waals surface area (Å²) in [5, 5.41) is 13.1. The van der Waals surface area contributed by atoms with Gasteiger partial charge < -0.3 is 10.1 Å². The van der Waals surface area contributed by atoms with Crippen molar-refractivity contribution in [2.45, 2.75) is 20.3 Å². The van der Waals surface area contributed by atoms with Crippen molar-refractivity contribution in [1.29, 1.82) is 5.26 Å². The summed E-state index contributed by atoms with van der Waals surface area (Å²) in [6, 6.07) is 19.1. The van der Waals surface area contributed by atoms with Crippen LogP contribution in [-0.2, 0) is 11.2 Å². The van der Waals surface area contributed by atoms with E-state index in [4.69, 9.17) is 16.3 Å². The molecule has 6 heteroatoms. The van der Waals surface area contributed by atoms with Gasteiger partial charge in [0.05, 0.1) is 7.11 Å². The van der Waals surface area contributed by atoms with Crippen LogP contribution in [0.4, 0.5) is 5.69 Å². The lowest BCUT2D eigenvalue weighted by molar-refractivity contribution is -0.112. The number of carbonyl (C=O) groups excluding carboxylic acids is 1. The Labute approximate surface area is 207 Å². The van der Waals surface area contributed by atoms with E-state index >= 15 is 0 Å². The number of amides is 1. The lowest BCUT2D eigenvalue weighted by atomic mass is 10.0. The SMILES string of the molecule is COc1cc(/C=C(\C#N)C(=O)Nc2cccc(C)c2C)cc(I)c1Cc1ccccc1Cl. The van der Waals surface area contributed by atoms with Crippen LogP contribution in [0.15, 0.2) is 60.2 Å². The summed E-state index contributed by atoms with van der Waals surface area (Å²) in [7, 11) is 1.60. The van der Waals surface area contributed by atoms with Crippen LogP contribution in [0.1, 0.15) is 27.8 Å². The zero-order valence-electron chi connectivity index (χ0n) is 18.0. The molecule has 0 heterocycles. The molecule has 0 atom stereocenters. The molecule has 0 spiro atoms. The Morgan fingerprint density at radius 2 is 1.94 bits per heavy atom. The fourth-order valence-electron chi connectivity index (χ4n) is 3.29. The first kappa shape index (κ1) is 23.8. The van der Waals surface area contributed by atoms with Gasteiger partial charge in [-0.1, -0.05) is 41.9 Å². The molecule has 0 aromatic heterocycles. The van der Waals surface area contributed by atoms with Gasteiger partial charge in [-0.05, 0) is 89.0 Å². The van der Waals surface area contributed by atoms with Crippen LogP contribution in [0, 0.1) is 28.7 Å². The predicted molar refractivity (Wildman–Crippen MR) is 138 cm³/mol. The number of methoxy groups -OCH3 is 1. The molecule has 0 radical (unpaired) electrons. The largest absolute Gasteiger partial charge is 0.496 e. The van der Waals surface area contributed by atoms with E-state index in [2.05, 4.69) is 27.9 Å². The van der Waals surface area contributed by atoms with E-state index in [1.165, 1.54) is 0 Å². The molecule has 0 saturated heterocycles. The molecule has 32 heavy (non-hydrogen) atoms. The third kappa shape index (κ3) is 5.50. The fourth-order valence-corrected chi connectivity index (χ4v) is 4.31. The van der Waals surface area contributed by atoms with Crippen LogP contribution in [0.2, 0.25) is 5.02 Å². The highest BCUT2D eigenvalue weighted by atomic mass is 127. The maximum absolute atomic E-state index is 12.7. The van der Waals surface area contributed by atoms with Crippen LogP contribution >= 0.6 is 34.2 Å². The molecular weight excluding hydrogens is 535 g/mol. The van der Waals surface area contributed by atoms with Crippen molar-refractivity contribution in [2.75, 3.05) is 12.4 Å². The standard InChI is InChI=1S/C26H22ClIN2O2/c1-16-7-6-10-24(17(16)2)30-26(31)20(15-29)11-18-12-23(28)21(25(13-18)32-3)14-19-8-4-5-9-22(19)27/h4-13H,14H2,1-3H3,(H,30,31)/b20-11+. The minimum Gasteiger partial charge on any atom is -0.496 e. The van der Waals surface area contributed by atoms with Gasteiger partial charge in [0.2, 0.25) is 0 Å². The number of nitriles is 1. The molecule has 3 aromatic carbocycles. The van der Waals surface area contributed by atoms with Crippen molar-refractivity contribution in [3.05, 3.63) is 96.6 Å². The highest BCUT2D eigenvalue weighted by Gasteiger charge is 2.15.